The summed E-state index contributed by atoms with van der Waals surface area (Å²) >= 11 is -0.831. The number of hydrogen-bond donors (Lipinski definition) is 0. The minimum atomic E-state index is -6.20. The molecular weight excluding hydrogens is 490 g/mol. The van der Waals surface area contributed by atoms with Crippen molar-refractivity contribution in [2.45, 2.75) is 36.2 Å². The largest absolute Gasteiger partial charge is 1.00 e. The second kappa shape index (κ2) is 14.1. The smallest absolute Gasteiger partial charge is 0.743 e. The zero-order valence-electron chi connectivity index (χ0n) is 15.8. The molecule has 0 atom stereocenters. The number of halogens is 4. The van der Waals surface area contributed by atoms with Gasteiger partial charge in [0, 0.05) is 0 Å². The number of hydrogen-bond acceptors (Lipinski definition) is 11. The van der Waals surface area contributed by atoms with Crippen molar-refractivity contribution < 1.29 is 123 Å². The second-order valence-electron chi connectivity index (χ2n) is 5.79. The molecule has 30 heavy (non-hydrogen) atoms. The fourth-order valence-corrected chi connectivity index (χ4v) is 2.82. The summed E-state index contributed by atoms with van der Waals surface area (Å²) in [7, 11) is -6.20. The Morgan fingerprint density at radius 3 is 1.70 bits per heavy atom. The SMILES string of the molecule is O=C(OCC1CCC(COC(=O)C(F)(F)S(=O)(=O)[O-])CC1)C(F)(F)SOO[O-].[Na+].[Na+]. The summed E-state index contributed by atoms with van der Waals surface area (Å²) in [5, 5.41) is 2.84. The first-order valence-corrected chi connectivity index (χ1v) is 9.66. The minimum Gasteiger partial charge on any atom is -0.743 e. The summed E-state index contributed by atoms with van der Waals surface area (Å²) in [6, 6.07) is 0. The van der Waals surface area contributed by atoms with Crippen LogP contribution in [-0.4, -0.2) is 48.6 Å². The maximum atomic E-state index is 13.1. The molecule has 10 nitrogen and oxygen atoms in total. The van der Waals surface area contributed by atoms with Crippen molar-refractivity contribution in [3.05, 3.63) is 0 Å². The predicted octanol–water partition coefficient (Wildman–Crippen LogP) is -5.51. The van der Waals surface area contributed by atoms with Gasteiger partial charge in [-0.25, -0.2) is 18.0 Å². The Kier molecular flexibility index (Phi) is 15.5. The van der Waals surface area contributed by atoms with E-state index >= 15 is 0 Å². The van der Waals surface area contributed by atoms with Crippen molar-refractivity contribution >= 4 is 34.1 Å². The minimum absolute atomic E-state index is 0. The number of alkyl halides is 4. The Morgan fingerprint density at radius 1 is 0.933 bits per heavy atom. The third-order valence-corrected chi connectivity index (χ3v) is 5.12. The molecule has 0 N–H and O–H groups in total. The average molecular weight is 504 g/mol. The van der Waals surface area contributed by atoms with E-state index in [0.717, 1.165) is 0 Å². The summed E-state index contributed by atoms with van der Waals surface area (Å²) in [5.74, 6) is -5.19. The first kappa shape index (κ1) is 33.0. The summed E-state index contributed by atoms with van der Waals surface area (Å²) in [4.78, 5) is 22.2. The molecule has 1 saturated carbocycles. The molecule has 0 saturated heterocycles. The van der Waals surface area contributed by atoms with E-state index in [-0.39, 0.29) is 84.5 Å². The zero-order valence-corrected chi connectivity index (χ0v) is 21.4. The zero-order chi connectivity index (χ0) is 21.6. The molecule has 0 unspecified atom stereocenters. The Balaban J connectivity index is 0. The fraction of sp³-hybridized carbons (Fsp3) is 0.833. The fourth-order valence-electron chi connectivity index (χ4n) is 2.31. The van der Waals surface area contributed by atoms with E-state index in [9.17, 15) is 45.4 Å². The van der Waals surface area contributed by atoms with Gasteiger partial charge >= 0.3 is 81.6 Å². The summed E-state index contributed by atoms with van der Waals surface area (Å²) < 4.78 is 95.1. The van der Waals surface area contributed by atoms with E-state index in [0.29, 0.717) is 12.8 Å². The van der Waals surface area contributed by atoms with Gasteiger partial charge in [0.1, 0.15) is 12.0 Å². The van der Waals surface area contributed by atoms with Gasteiger partial charge in [0.15, 0.2) is 10.1 Å². The average Bonchev–Trinajstić information content (AvgIpc) is 2.62. The molecule has 1 aliphatic rings. The van der Waals surface area contributed by atoms with Crippen molar-refractivity contribution in [3.8, 4) is 0 Å². The summed E-state index contributed by atoms with van der Waals surface area (Å²) in [6.45, 7) is -0.941. The molecule has 0 radical (unpaired) electrons. The predicted molar refractivity (Wildman–Crippen MR) is 76.7 cm³/mol. The van der Waals surface area contributed by atoms with E-state index in [4.69, 9.17) is 0 Å². The van der Waals surface area contributed by atoms with Crippen molar-refractivity contribution in [1.29, 1.82) is 0 Å². The molecule has 1 fully saturated rings. The van der Waals surface area contributed by atoms with E-state index < -0.39 is 57.1 Å². The summed E-state index contributed by atoms with van der Waals surface area (Å²) in [6.07, 6.45) is 1.18. The topological polar surface area (TPSA) is 151 Å². The maximum Gasteiger partial charge on any atom is 1.00 e. The number of carbonyl (C=O) groups excluding carboxylic acids is 2. The molecule has 0 heterocycles. The monoisotopic (exact) mass is 504 g/mol. The molecule has 1 rings (SSSR count). The van der Waals surface area contributed by atoms with Gasteiger partial charge in [-0.3, -0.25) is 5.04 Å². The van der Waals surface area contributed by atoms with Crippen LogP contribution in [0.2, 0.25) is 0 Å². The van der Waals surface area contributed by atoms with Gasteiger partial charge in [0.05, 0.1) is 13.2 Å². The normalized spacial score (nSPS) is 19.8. The summed E-state index contributed by atoms with van der Waals surface area (Å²) in [5.41, 5.74) is 0. The third kappa shape index (κ3) is 10.2. The third-order valence-electron chi connectivity index (χ3n) is 3.82. The van der Waals surface area contributed by atoms with Crippen LogP contribution in [0.3, 0.4) is 0 Å². The van der Waals surface area contributed by atoms with Crippen LogP contribution in [-0.2, 0) is 38.6 Å². The first-order chi connectivity index (χ1) is 12.8. The molecule has 0 amide bonds. The first-order valence-electron chi connectivity index (χ1n) is 7.51. The molecule has 0 aliphatic heterocycles. The Hall–Kier alpha value is 0.800. The van der Waals surface area contributed by atoms with Crippen molar-refractivity contribution in [2.75, 3.05) is 13.2 Å². The van der Waals surface area contributed by atoms with E-state index in [1.807, 2.05) is 0 Å². The number of carbonyl (C=O) groups is 2. The number of esters is 2. The Labute approximate surface area is 217 Å². The molecule has 18 heteroatoms. The van der Waals surface area contributed by atoms with Crippen molar-refractivity contribution in [2.24, 2.45) is 11.8 Å². The van der Waals surface area contributed by atoms with E-state index in [1.54, 1.807) is 0 Å². The Morgan fingerprint density at radius 2 is 1.33 bits per heavy atom. The van der Waals surface area contributed by atoms with Crippen molar-refractivity contribution in [3.63, 3.8) is 0 Å². The number of ether oxygens (including phenoxy) is 2. The van der Waals surface area contributed by atoms with Crippen LogP contribution >= 0.6 is 12.0 Å². The molecule has 0 spiro atoms. The van der Waals surface area contributed by atoms with Gasteiger partial charge < -0.3 is 19.3 Å². The molecule has 0 aromatic heterocycles. The molecule has 1 aliphatic carbocycles. The van der Waals surface area contributed by atoms with Gasteiger partial charge in [0.25, 0.3) is 0 Å². The van der Waals surface area contributed by atoms with E-state index in [2.05, 4.69) is 18.8 Å². The van der Waals surface area contributed by atoms with Crippen LogP contribution in [0.1, 0.15) is 25.7 Å². The van der Waals surface area contributed by atoms with Crippen LogP contribution < -0.4 is 64.4 Å². The van der Waals surface area contributed by atoms with Gasteiger partial charge in [-0.1, -0.05) is 0 Å². The van der Waals surface area contributed by atoms with Gasteiger partial charge in [0.2, 0.25) is 0 Å². The second-order valence-corrected chi connectivity index (χ2v) is 8.03. The van der Waals surface area contributed by atoms with Crippen molar-refractivity contribution in [1.82, 2.24) is 0 Å². The van der Waals surface area contributed by atoms with E-state index in [1.165, 1.54) is 0 Å². The maximum absolute atomic E-state index is 13.1. The quantitative estimate of drug-likeness (QED) is 0.0533. The molecule has 164 valence electrons. The van der Waals surface area contributed by atoms with Crippen LogP contribution in [0.4, 0.5) is 17.6 Å². The van der Waals surface area contributed by atoms with Gasteiger partial charge in [-0.05, 0) is 37.5 Å². The van der Waals surface area contributed by atoms with Crippen LogP contribution in [0, 0.1) is 11.8 Å². The van der Waals surface area contributed by atoms with Crippen LogP contribution in [0.15, 0.2) is 0 Å². The van der Waals surface area contributed by atoms with Crippen LogP contribution in [0.5, 0.6) is 0 Å². The van der Waals surface area contributed by atoms with Crippen LogP contribution in [0.25, 0.3) is 0 Å². The van der Waals surface area contributed by atoms with Gasteiger partial charge in [-0.2, -0.15) is 21.9 Å². The standard InChI is InChI=1S/C12H16F4O10S2.2Na/c13-11(14,27-26-25-19)9(17)23-5-7-1-3-8(4-2-7)6-24-10(18)12(15,16)28(20,21)22;;/h7-8,19H,1-6H2,(H,20,21,22);;/q;2*+1/p-2. The molecule has 0 aromatic carbocycles. The molecular formula is C12H14F4Na2O10S2. The Bertz CT molecular complexity index is 659. The molecule has 0 aromatic rings. The number of rotatable bonds is 10. The van der Waals surface area contributed by atoms with Gasteiger partial charge in [-0.15, -0.1) is 0 Å². The molecule has 0 bridgehead atoms.